The fourth-order valence-corrected chi connectivity index (χ4v) is 7.38. The van der Waals surface area contributed by atoms with Crippen molar-refractivity contribution in [3.8, 4) is 0 Å². The molecule has 2 fully saturated rings. The van der Waals surface area contributed by atoms with Crippen LogP contribution in [0.3, 0.4) is 0 Å². The Morgan fingerprint density at radius 2 is 1.71 bits per heavy atom. The summed E-state index contributed by atoms with van der Waals surface area (Å²) >= 11 is 0. The van der Waals surface area contributed by atoms with Gasteiger partial charge in [-0.2, -0.15) is 0 Å². The minimum Gasteiger partial charge on any atom is -0.280 e. The zero-order valence-electron chi connectivity index (χ0n) is 21.2. The second-order valence-electron chi connectivity index (χ2n) is 11.0. The first-order chi connectivity index (χ1) is 16.8. The van der Waals surface area contributed by atoms with E-state index in [0.717, 1.165) is 32.1 Å². The van der Waals surface area contributed by atoms with Crippen LogP contribution >= 0.6 is 0 Å². The number of benzene rings is 2. The van der Waals surface area contributed by atoms with Gasteiger partial charge in [0.2, 0.25) is 0 Å². The van der Waals surface area contributed by atoms with Crippen LogP contribution in [0.4, 0.5) is 17.6 Å². The van der Waals surface area contributed by atoms with E-state index in [1.54, 1.807) is 30.3 Å². The number of rotatable bonds is 8. The number of unbranched alkanes of at least 4 members (excludes halogenated alkanes) is 2. The van der Waals surface area contributed by atoms with Crippen molar-refractivity contribution >= 4 is 10.8 Å². The van der Waals surface area contributed by atoms with E-state index in [1.165, 1.54) is 25.7 Å². The summed E-state index contributed by atoms with van der Waals surface area (Å²) in [5.74, 6) is 0.0102. The quantitative estimate of drug-likeness (QED) is 0.263. The molecular formula is C30H40F4O. The number of ether oxygens (including phenoxy) is 1. The molecule has 5 atom stereocenters. The predicted octanol–water partition coefficient (Wildman–Crippen LogP) is 9.92. The maximum Gasteiger partial charge on any atom is 0.523 e. The Bertz CT molecular complexity index is 970. The maximum absolute atomic E-state index is 16.0. The topological polar surface area (TPSA) is 9.23 Å². The minimum absolute atomic E-state index is 0.0375. The Hall–Kier alpha value is -1.62. The Morgan fingerprint density at radius 1 is 0.971 bits per heavy atom. The molecule has 0 bridgehead atoms. The lowest BCUT2D eigenvalue weighted by molar-refractivity contribution is -0.387. The SMILES string of the molecule is CCCCCC1CCCCC1C(C)C1CCCCC1(OC(F)(F)F)c1ccc2ccccc2c1F. The zero-order valence-corrected chi connectivity index (χ0v) is 21.2. The van der Waals surface area contributed by atoms with Gasteiger partial charge in [0.25, 0.3) is 0 Å². The molecule has 0 amide bonds. The Kier molecular flexibility index (Phi) is 8.45. The van der Waals surface area contributed by atoms with Gasteiger partial charge in [-0.1, -0.05) is 108 Å². The lowest BCUT2D eigenvalue weighted by atomic mass is 9.59. The molecule has 194 valence electrons. The molecule has 0 radical (unpaired) electrons. The van der Waals surface area contributed by atoms with Crippen molar-refractivity contribution in [2.24, 2.45) is 23.7 Å². The first kappa shape index (κ1) is 26.4. The molecule has 2 aliphatic rings. The molecule has 2 aromatic rings. The molecule has 0 spiro atoms. The summed E-state index contributed by atoms with van der Waals surface area (Å²) in [6.07, 6.45) is 6.70. The summed E-state index contributed by atoms with van der Waals surface area (Å²) < 4.78 is 63.2. The van der Waals surface area contributed by atoms with Crippen LogP contribution in [0.2, 0.25) is 0 Å². The van der Waals surface area contributed by atoms with Crippen LogP contribution in [0, 0.1) is 29.5 Å². The summed E-state index contributed by atoms with van der Waals surface area (Å²) in [6, 6.07) is 10.3. The van der Waals surface area contributed by atoms with Crippen LogP contribution < -0.4 is 0 Å². The highest BCUT2D eigenvalue weighted by atomic mass is 19.4. The van der Waals surface area contributed by atoms with E-state index in [1.807, 2.05) is 6.07 Å². The van der Waals surface area contributed by atoms with Gasteiger partial charge < -0.3 is 0 Å². The van der Waals surface area contributed by atoms with E-state index >= 15 is 4.39 Å². The summed E-state index contributed by atoms with van der Waals surface area (Å²) in [6.45, 7) is 4.33. The highest BCUT2D eigenvalue weighted by molar-refractivity contribution is 5.84. The Morgan fingerprint density at radius 3 is 2.49 bits per heavy atom. The first-order valence-electron chi connectivity index (χ1n) is 13.7. The van der Waals surface area contributed by atoms with E-state index < -0.39 is 17.8 Å². The van der Waals surface area contributed by atoms with Crippen molar-refractivity contribution in [1.29, 1.82) is 0 Å². The van der Waals surface area contributed by atoms with Crippen molar-refractivity contribution < 1.29 is 22.3 Å². The average molecular weight is 493 g/mol. The molecule has 4 rings (SSSR count). The fourth-order valence-electron chi connectivity index (χ4n) is 7.38. The van der Waals surface area contributed by atoms with Gasteiger partial charge >= 0.3 is 6.36 Å². The average Bonchev–Trinajstić information content (AvgIpc) is 2.84. The monoisotopic (exact) mass is 492 g/mol. The normalized spacial score (nSPS) is 28.8. The van der Waals surface area contributed by atoms with Gasteiger partial charge in [0.15, 0.2) is 0 Å². The molecule has 0 aromatic heterocycles. The molecule has 5 heteroatoms. The number of halogens is 4. The van der Waals surface area contributed by atoms with Crippen LogP contribution in [0.15, 0.2) is 36.4 Å². The van der Waals surface area contributed by atoms with E-state index in [-0.39, 0.29) is 23.8 Å². The third kappa shape index (κ3) is 5.70. The van der Waals surface area contributed by atoms with E-state index in [9.17, 15) is 13.2 Å². The standard InChI is InChI=1S/C30H40F4O/c1-3-4-5-12-22-13-6-8-15-24(22)21(2)26-17-10-11-20-29(26,35-30(32,33)34)27-19-18-23-14-7-9-16-25(23)28(27)31/h7,9,14,16,18-19,21-22,24,26H,3-6,8,10-13,15,17,20H2,1-2H3. The molecular weight excluding hydrogens is 452 g/mol. The third-order valence-electron chi connectivity index (χ3n) is 8.99. The predicted molar refractivity (Wildman–Crippen MR) is 133 cm³/mol. The third-order valence-corrected chi connectivity index (χ3v) is 8.99. The van der Waals surface area contributed by atoms with Crippen LogP contribution in [0.5, 0.6) is 0 Å². The number of fused-ring (bicyclic) bond motifs is 1. The summed E-state index contributed by atoms with van der Waals surface area (Å²) in [4.78, 5) is 0. The van der Waals surface area contributed by atoms with Gasteiger partial charge in [-0.3, -0.25) is 4.74 Å². The van der Waals surface area contributed by atoms with Gasteiger partial charge in [0.1, 0.15) is 11.4 Å². The zero-order chi connectivity index (χ0) is 25.1. The highest BCUT2D eigenvalue weighted by Gasteiger charge is 2.54. The van der Waals surface area contributed by atoms with Crippen LogP contribution in [-0.4, -0.2) is 6.36 Å². The van der Waals surface area contributed by atoms with Crippen molar-refractivity contribution in [3.05, 3.63) is 47.8 Å². The fraction of sp³-hybridized carbons (Fsp3) is 0.667. The molecule has 2 saturated carbocycles. The van der Waals surface area contributed by atoms with E-state index in [2.05, 4.69) is 13.8 Å². The van der Waals surface area contributed by atoms with E-state index in [4.69, 9.17) is 4.74 Å². The first-order valence-corrected chi connectivity index (χ1v) is 13.7. The molecule has 1 nitrogen and oxygen atoms in total. The lowest BCUT2D eigenvalue weighted by Crippen LogP contribution is -2.49. The second-order valence-corrected chi connectivity index (χ2v) is 11.0. The number of hydrogen-bond acceptors (Lipinski definition) is 1. The van der Waals surface area contributed by atoms with E-state index in [0.29, 0.717) is 35.4 Å². The lowest BCUT2D eigenvalue weighted by Gasteiger charge is -2.50. The molecule has 0 aliphatic heterocycles. The number of alkyl halides is 3. The van der Waals surface area contributed by atoms with Crippen molar-refractivity contribution in [2.75, 3.05) is 0 Å². The van der Waals surface area contributed by atoms with Crippen LogP contribution in [0.25, 0.3) is 10.8 Å². The smallest absolute Gasteiger partial charge is 0.280 e. The summed E-state index contributed by atoms with van der Waals surface area (Å²) in [5.41, 5.74) is -1.60. The molecule has 35 heavy (non-hydrogen) atoms. The molecule has 0 N–H and O–H groups in total. The summed E-state index contributed by atoms with van der Waals surface area (Å²) in [5, 5.41) is 1.06. The molecule has 5 unspecified atom stereocenters. The second kappa shape index (κ2) is 11.2. The van der Waals surface area contributed by atoms with Crippen LogP contribution in [-0.2, 0) is 10.3 Å². The molecule has 0 heterocycles. The van der Waals surface area contributed by atoms with Crippen LogP contribution in [0.1, 0.15) is 96.5 Å². The Balaban J connectivity index is 1.76. The number of hydrogen-bond donors (Lipinski definition) is 0. The van der Waals surface area contributed by atoms with Gasteiger partial charge in [-0.05, 0) is 48.3 Å². The van der Waals surface area contributed by atoms with Gasteiger partial charge in [-0.15, -0.1) is 13.2 Å². The van der Waals surface area contributed by atoms with Crippen molar-refractivity contribution in [2.45, 2.75) is 103 Å². The highest BCUT2D eigenvalue weighted by Crippen LogP contribution is 2.55. The maximum atomic E-state index is 16.0. The molecule has 2 aromatic carbocycles. The summed E-state index contributed by atoms with van der Waals surface area (Å²) in [7, 11) is 0. The van der Waals surface area contributed by atoms with Gasteiger partial charge in [-0.25, -0.2) is 4.39 Å². The van der Waals surface area contributed by atoms with Gasteiger partial charge in [0, 0.05) is 10.9 Å². The van der Waals surface area contributed by atoms with Crippen molar-refractivity contribution in [3.63, 3.8) is 0 Å². The van der Waals surface area contributed by atoms with Crippen molar-refractivity contribution in [1.82, 2.24) is 0 Å². The largest absolute Gasteiger partial charge is 0.523 e. The molecule has 2 aliphatic carbocycles. The minimum atomic E-state index is -4.83. The van der Waals surface area contributed by atoms with Gasteiger partial charge in [0.05, 0.1) is 0 Å². The molecule has 0 saturated heterocycles. The Labute approximate surface area is 207 Å².